The molecule has 0 N–H and O–H groups in total. The van der Waals surface area contributed by atoms with Gasteiger partial charge in [0.2, 0.25) is 0 Å². The molecule has 4 aromatic rings. The summed E-state index contributed by atoms with van der Waals surface area (Å²) in [6.07, 6.45) is 4.53. The van der Waals surface area contributed by atoms with Crippen molar-refractivity contribution in [3.8, 4) is 22.3 Å². The fourth-order valence-corrected chi connectivity index (χ4v) is 6.31. The van der Waals surface area contributed by atoms with Gasteiger partial charge in [-0.15, -0.1) is 0 Å². The van der Waals surface area contributed by atoms with E-state index in [1.54, 1.807) is 11.1 Å². The van der Waals surface area contributed by atoms with Gasteiger partial charge in [0.1, 0.15) is 0 Å². The Hall–Kier alpha value is -2.77. The zero-order chi connectivity index (χ0) is 20.6. The van der Waals surface area contributed by atoms with Crippen molar-refractivity contribution >= 4 is 11.8 Å². The molecular formula is C30H26S. The van der Waals surface area contributed by atoms with Gasteiger partial charge in [-0.3, -0.25) is 0 Å². The molecule has 0 spiro atoms. The van der Waals surface area contributed by atoms with Crippen LogP contribution in [0, 0.1) is 0 Å². The molecule has 0 saturated heterocycles. The minimum atomic E-state index is 1.10. The molecule has 0 fully saturated rings. The SMILES string of the molecule is c1ccc2c(c1)Cc1c(CCSCCc3cccc4c3Cc3ccccc3-4)cccc1-2. The predicted octanol–water partition coefficient (Wildman–Crippen LogP) is 7.35. The molecule has 0 radical (unpaired) electrons. The summed E-state index contributed by atoms with van der Waals surface area (Å²) < 4.78 is 0. The van der Waals surface area contributed by atoms with Crippen LogP contribution in [0.25, 0.3) is 22.3 Å². The van der Waals surface area contributed by atoms with Crippen molar-refractivity contribution in [1.82, 2.24) is 0 Å². The van der Waals surface area contributed by atoms with Gasteiger partial charge >= 0.3 is 0 Å². The van der Waals surface area contributed by atoms with Gasteiger partial charge in [0, 0.05) is 0 Å². The highest BCUT2D eigenvalue weighted by atomic mass is 32.2. The highest BCUT2D eigenvalue weighted by Crippen LogP contribution is 2.39. The van der Waals surface area contributed by atoms with Crippen molar-refractivity contribution in [2.75, 3.05) is 11.5 Å². The van der Waals surface area contributed by atoms with E-state index in [4.69, 9.17) is 0 Å². The van der Waals surface area contributed by atoms with Crippen LogP contribution in [0.4, 0.5) is 0 Å². The summed E-state index contributed by atoms with van der Waals surface area (Å²) in [5.41, 5.74) is 14.9. The molecule has 2 aliphatic rings. The van der Waals surface area contributed by atoms with Gasteiger partial charge in [-0.05, 0) is 92.8 Å². The van der Waals surface area contributed by atoms with E-state index in [9.17, 15) is 0 Å². The summed E-state index contributed by atoms with van der Waals surface area (Å²) in [5, 5.41) is 0. The van der Waals surface area contributed by atoms with Gasteiger partial charge in [0.25, 0.3) is 0 Å². The van der Waals surface area contributed by atoms with Crippen molar-refractivity contribution in [3.05, 3.63) is 118 Å². The highest BCUT2D eigenvalue weighted by Gasteiger charge is 2.21. The molecule has 31 heavy (non-hydrogen) atoms. The van der Waals surface area contributed by atoms with E-state index in [0.29, 0.717) is 0 Å². The average Bonchev–Trinajstić information content (AvgIpc) is 3.38. The van der Waals surface area contributed by atoms with Gasteiger partial charge in [0.15, 0.2) is 0 Å². The first kappa shape index (κ1) is 19.0. The number of rotatable bonds is 6. The normalized spacial score (nSPS) is 12.9. The zero-order valence-corrected chi connectivity index (χ0v) is 18.6. The van der Waals surface area contributed by atoms with E-state index in [1.165, 1.54) is 68.9 Å². The first-order valence-corrected chi connectivity index (χ1v) is 12.5. The fourth-order valence-electron chi connectivity index (χ4n) is 5.38. The van der Waals surface area contributed by atoms with Crippen molar-refractivity contribution in [2.24, 2.45) is 0 Å². The van der Waals surface area contributed by atoms with Crippen LogP contribution in [0.1, 0.15) is 33.4 Å². The molecule has 6 rings (SSSR count). The van der Waals surface area contributed by atoms with Crippen molar-refractivity contribution < 1.29 is 0 Å². The van der Waals surface area contributed by atoms with Gasteiger partial charge in [-0.25, -0.2) is 0 Å². The molecule has 0 aliphatic heterocycles. The summed E-state index contributed by atoms with van der Waals surface area (Å²) >= 11 is 2.10. The van der Waals surface area contributed by atoms with E-state index in [-0.39, 0.29) is 0 Å². The van der Waals surface area contributed by atoms with Gasteiger partial charge in [-0.1, -0.05) is 84.9 Å². The molecule has 0 heterocycles. The van der Waals surface area contributed by atoms with Gasteiger partial charge < -0.3 is 0 Å². The molecule has 0 atom stereocenters. The Balaban J connectivity index is 1.09. The van der Waals surface area contributed by atoms with Crippen LogP contribution in [0.5, 0.6) is 0 Å². The van der Waals surface area contributed by atoms with Crippen LogP contribution in [0.3, 0.4) is 0 Å². The van der Waals surface area contributed by atoms with E-state index in [2.05, 4.69) is 96.7 Å². The minimum Gasteiger partial charge on any atom is -0.161 e. The Labute approximate surface area is 189 Å². The Morgan fingerprint density at radius 3 is 1.45 bits per heavy atom. The molecule has 0 aromatic heterocycles. The van der Waals surface area contributed by atoms with Crippen LogP contribution in [-0.4, -0.2) is 11.5 Å². The standard InChI is InChI=1S/C30H26S/c1-3-11-25-23(7-1)19-29-21(9-5-13-27(25)29)15-17-31-18-16-22-10-6-14-28-26-12-4-2-8-24(26)20-30(22)28/h1-14H,15-20H2. The Morgan fingerprint density at radius 2 is 0.935 bits per heavy atom. The molecule has 152 valence electrons. The first-order chi connectivity index (χ1) is 15.4. The second kappa shape index (κ2) is 8.05. The maximum Gasteiger partial charge on any atom is -0.00107 e. The predicted molar refractivity (Wildman–Crippen MR) is 134 cm³/mol. The lowest BCUT2D eigenvalue weighted by molar-refractivity contribution is 1.07. The molecule has 0 bridgehead atoms. The molecule has 0 saturated carbocycles. The van der Waals surface area contributed by atoms with E-state index >= 15 is 0 Å². The first-order valence-electron chi connectivity index (χ1n) is 11.3. The smallest absolute Gasteiger partial charge is 0.00107 e. The number of aryl methyl sites for hydroxylation is 2. The Bertz CT molecular complexity index is 1170. The molecule has 4 aromatic carbocycles. The second-order valence-corrected chi connectivity index (χ2v) is 9.89. The number of hydrogen-bond acceptors (Lipinski definition) is 1. The summed E-state index contributed by atoms with van der Waals surface area (Å²) in [4.78, 5) is 0. The monoisotopic (exact) mass is 418 g/mol. The molecular weight excluding hydrogens is 392 g/mol. The van der Waals surface area contributed by atoms with Crippen molar-refractivity contribution in [3.63, 3.8) is 0 Å². The van der Waals surface area contributed by atoms with Crippen LogP contribution >= 0.6 is 11.8 Å². The molecule has 0 nitrogen and oxygen atoms in total. The van der Waals surface area contributed by atoms with Gasteiger partial charge in [0.05, 0.1) is 0 Å². The molecule has 2 aliphatic carbocycles. The molecule has 0 amide bonds. The minimum absolute atomic E-state index is 1.10. The Kier molecular flexibility index (Phi) is 4.92. The Morgan fingerprint density at radius 1 is 0.484 bits per heavy atom. The van der Waals surface area contributed by atoms with Gasteiger partial charge in [-0.2, -0.15) is 11.8 Å². The lowest BCUT2D eigenvalue weighted by Crippen LogP contribution is -1.99. The number of benzene rings is 4. The zero-order valence-electron chi connectivity index (χ0n) is 17.7. The van der Waals surface area contributed by atoms with E-state index in [0.717, 1.165) is 12.8 Å². The maximum atomic E-state index is 2.34. The third kappa shape index (κ3) is 3.42. The summed E-state index contributed by atoms with van der Waals surface area (Å²) in [6.45, 7) is 0. The number of hydrogen-bond donors (Lipinski definition) is 0. The summed E-state index contributed by atoms with van der Waals surface area (Å²) in [6, 6.07) is 31.5. The summed E-state index contributed by atoms with van der Waals surface area (Å²) in [5.74, 6) is 2.39. The van der Waals surface area contributed by atoms with Crippen molar-refractivity contribution in [2.45, 2.75) is 25.7 Å². The second-order valence-electron chi connectivity index (χ2n) is 8.67. The highest BCUT2D eigenvalue weighted by molar-refractivity contribution is 7.99. The van der Waals surface area contributed by atoms with Crippen LogP contribution in [0.15, 0.2) is 84.9 Å². The molecule has 0 unspecified atom stereocenters. The number of thioether (sulfide) groups is 1. The largest absolute Gasteiger partial charge is 0.161 e. The third-order valence-corrected chi connectivity index (χ3v) is 7.91. The quantitative estimate of drug-likeness (QED) is 0.255. The number of fused-ring (bicyclic) bond motifs is 6. The fraction of sp³-hybridized carbons (Fsp3) is 0.200. The van der Waals surface area contributed by atoms with Crippen LogP contribution in [-0.2, 0) is 25.7 Å². The maximum absolute atomic E-state index is 2.34. The van der Waals surface area contributed by atoms with E-state index < -0.39 is 0 Å². The topological polar surface area (TPSA) is 0 Å². The lowest BCUT2D eigenvalue weighted by Gasteiger charge is -2.10. The third-order valence-electron chi connectivity index (χ3n) is 6.93. The van der Waals surface area contributed by atoms with E-state index in [1.807, 2.05) is 0 Å². The molecule has 1 heteroatoms. The van der Waals surface area contributed by atoms with Crippen LogP contribution < -0.4 is 0 Å². The average molecular weight is 419 g/mol. The van der Waals surface area contributed by atoms with Crippen LogP contribution in [0.2, 0.25) is 0 Å². The lowest BCUT2D eigenvalue weighted by atomic mass is 10.00. The summed E-state index contributed by atoms with van der Waals surface area (Å²) in [7, 11) is 0. The van der Waals surface area contributed by atoms with Crippen molar-refractivity contribution in [1.29, 1.82) is 0 Å².